The number of ether oxygens (including phenoxy) is 2. The number of hydrogen-bond acceptors (Lipinski definition) is 4. The summed E-state index contributed by atoms with van der Waals surface area (Å²) >= 11 is 1.54. The lowest BCUT2D eigenvalue weighted by Crippen LogP contribution is -1.93. The Labute approximate surface area is 103 Å². The number of hydrogen-bond donors (Lipinski definition) is 0. The van der Waals surface area contributed by atoms with Crippen molar-refractivity contribution in [1.29, 1.82) is 0 Å². The van der Waals surface area contributed by atoms with Gasteiger partial charge >= 0.3 is 0 Å². The molecular weight excluding hydrogens is 236 g/mol. The van der Waals surface area contributed by atoms with E-state index in [0.717, 1.165) is 27.7 Å². The van der Waals surface area contributed by atoms with Gasteiger partial charge in [-0.2, -0.15) is 0 Å². The maximum atomic E-state index is 5.35. The van der Waals surface area contributed by atoms with Gasteiger partial charge in [-0.3, -0.25) is 0 Å². The number of imidazole rings is 1. The molecule has 0 spiro atoms. The zero-order valence-electron chi connectivity index (χ0n) is 9.27. The van der Waals surface area contributed by atoms with Crippen LogP contribution < -0.4 is 9.47 Å². The predicted octanol–water partition coefficient (Wildman–Crippen LogP) is 2.03. The van der Waals surface area contributed by atoms with Crippen LogP contribution in [0.1, 0.15) is 0 Å². The van der Waals surface area contributed by atoms with Crippen LogP contribution in [0.25, 0.3) is 11.0 Å². The third-order valence-electron chi connectivity index (χ3n) is 2.62. The maximum Gasteiger partial charge on any atom is 0.231 e. The van der Waals surface area contributed by atoms with Crippen LogP contribution in [0.3, 0.4) is 0 Å². The average molecular weight is 246 g/mol. The number of aromatic nitrogens is 2. The highest BCUT2D eigenvalue weighted by molar-refractivity contribution is 7.99. The number of terminal acetylenes is 1. The summed E-state index contributed by atoms with van der Waals surface area (Å²) in [5.41, 5.74) is 1.92. The molecule has 0 radical (unpaired) electrons. The lowest BCUT2D eigenvalue weighted by molar-refractivity contribution is 0.174. The third-order valence-corrected chi connectivity index (χ3v) is 3.55. The summed E-state index contributed by atoms with van der Waals surface area (Å²) < 4.78 is 12.7. The van der Waals surface area contributed by atoms with Gasteiger partial charge in [0.25, 0.3) is 0 Å². The molecule has 3 rings (SSSR count). The molecular formula is C12H10N2O2S. The first-order valence-corrected chi connectivity index (χ1v) is 6.10. The summed E-state index contributed by atoms with van der Waals surface area (Å²) in [6, 6.07) is 3.85. The number of aryl methyl sites for hydroxylation is 1. The van der Waals surface area contributed by atoms with Crippen molar-refractivity contribution >= 4 is 22.8 Å². The second-order valence-electron chi connectivity index (χ2n) is 3.64. The number of thioether (sulfide) groups is 1. The number of rotatable bonds is 2. The van der Waals surface area contributed by atoms with Crippen LogP contribution in [0, 0.1) is 12.3 Å². The Morgan fingerprint density at radius 2 is 2.24 bits per heavy atom. The first kappa shape index (κ1) is 10.4. The van der Waals surface area contributed by atoms with E-state index in [4.69, 9.17) is 15.9 Å². The molecule has 0 N–H and O–H groups in total. The van der Waals surface area contributed by atoms with Crippen molar-refractivity contribution in [2.75, 3.05) is 12.5 Å². The highest BCUT2D eigenvalue weighted by atomic mass is 32.2. The molecule has 86 valence electrons. The highest BCUT2D eigenvalue weighted by Gasteiger charge is 2.17. The van der Waals surface area contributed by atoms with Crippen molar-refractivity contribution in [2.45, 2.75) is 5.16 Å². The Morgan fingerprint density at radius 3 is 3.00 bits per heavy atom. The van der Waals surface area contributed by atoms with Gasteiger partial charge in [-0.25, -0.2) is 4.98 Å². The third kappa shape index (κ3) is 1.61. The Morgan fingerprint density at radius 1 is 1.47 bits per heavy atom. The van der Waals surface area contributed by atoms with Crippen LogP contribution in [-0.2, 0) is 7.05 Å². The van der Waals surface area contributed by atoms with Gasteiger partial charge in [-0.05, 0) is 0 Å². The molecule has 2 aromatic rings. The molecule has 0 aliphatic carbocycles. The molecule has 2 heterocycles. The zero-order valence-corrected chi connectivity index (χ0v) is 10.1. The van der Waals surface area contributed by atoms with E-state index < -0.39 is 0 Å². The van der Waals surface area contributed by atoms with Gasteiger partial charge in [-0.15, -0.1) is 6.42 Å². The second kappa shape index (κ2) is 3.90. The molecule has 17 heavy (non-hydrogen) atoms. The molecule has 4 nitrogen and oxygen atoms in total. The monoisotopic (exact) mass is 246 g/mol. The normalized spacial score (nSPS) is 12.9. The maximum absolute atomic E-state index is 5.35. The minimum Gasteiger partial charge on any atom is -0.454 e. The van der Waals surface area contributed by atoms with Crippen molar-refractivity contribution in [3.8, 4) is 23.8 Å². The molecule has 0 bridgehead atoms. The van der Waals surface area contributed by atoms with Gasteiger partial charge < -0.3 is 14.0 Å². The van der Waals surface area contributed by atoms with Gasteiger partial charge in [0.1, 0.15) is 0 Å². The Balaban J connectivity index is 2.11. The van der Waals surface area contributed by atoms with Crippen LogP contribution in [0.15, 0.2) is 17.3 Å². The minimum atomic E-state index is 0.282. The van der Waals surface area contributed by atoms with Gasteiger partial charge in [0, 0.05) is 19.2 Å². The summed E-state index contributed by atoms with van der Waals surface area (Å²) in [5.74, 6) is 4.73. The highest BCUT2D eigenvalue weighted by Crippen LogP contribution is 2.36. The summed E-state index contributed by atoms with van der Waals surface area (Å²) in [4.78, 5) is 4.52. The molecule has 1 aliphatic heterocycles. The Bertz CT molecular complexity index is 627. The second-order valence-corrected chi connectivity index (χ2v) is 4.58. The van der Waals surface area contributed by atoms with E-state index in [1.54, 1.807) is 11.8 Å². The number of benzene rings is 1. The Hall–Kier alpha value is -1.80. The summed E-state index contributed by atoms with van der Waals surface area (Å²) in [5, 5.41) is 0.904. The Kier molecular flexibility index (Phi) is 2.37. The van der Waals surface area contributed by atoms with Crippen molar-refractivity contribution in [2.24, 2.45) is 7.05 Å². The molecule has 5 heteroatoms. The van der Waals surface area contributed by atoms with E-state index in [2.05, 4.69) is 10.9 Å². The first-order valence-electron chi connectivity index (χ1n) is 5.12. The molecule has 0 saturated carbocycles. The van der Waals surface area contributed by atoms with Crippen molar-refractivity contribution < 1.29 is 9.47 Å². The average Bonchev–Trinajstić information content (AvgIpc) is 2.89. The van der Waals surface area contributed by atoms with E-state index in [-0.39, 0.29) is 6.79 Å². The zero-order chi connectivity index (χ0) is 11.8. The number of fused-ring (bicyclic) bond motifs is 2. The van der Waals surface area contributed by atoms with Gasteiger partial charge in [0.15, 0.2) is 16.7 Å². The molecule has 1 aromatic heterocycles. The lowest BCUT2D eigenvalue weighted by atomic mass is 10.3. The minimum absolute atomic E-state index is 0.282. The van der Waals surface area contributed by atoms with E-state index in [1.807, 2.05) is 23.7 Å². The first-order chi connectivity index (χ1) is 8.29. The lowest BCUT2D eigenvalue weighted by Gasteiger charge is -1.99. The molecule has 1 aliphatic rings. The summed E-state index contributed by atoms with van der Waals surface area (Å²) in [7, 11) is 1.97. The van der Waals surface area contributed by atoms with E-state index in [0.29, 0.717) is 5.75 Å². The van der Waals surface area contributed by atoms with Crippen molar-refractivity contribution in [3.05, 3.63) is 12.1 Å². The molecule has 0 unspecified atom stereocenters. The van der Waals surface area contributed by atoms with E-state index >= 15 is 0 Å². The van der Waals surface area contributed by atoms with Crippen molar-refractivity contribution in [3.63, 3.8) is 0 Å². The van der Waals surface area contributed by atoms with E-state index in [9.17, 15) is 0 Å². The van der Waals surface area contributed by atoms with Crippen LogP contribution in [0.2, 0.25) is 0 Å². The summed E-state index contributed by atoms with van der Waals surface area (Å²) in [6.07, 6.45) is 5.25. The molecule has 0 fully saturated rings. The quantitative estimate of drug-likeness (QED) is 0.600. The largest absolute Gasteiger partial charge is 0.454 e. The molecule has 0 saturated heterocycles. The smallest absolute Gasteiger partial charge is 0.231 e. The fourth-order valence-corrected chi connectivity index (χ4v) is 2.46. The fourth-order valence-electron chi connectivity index (χ4n) is 1.80. The van der Waals surface area contributed by atoms with Crippen LogP contribution in [0.5, 0.6) is 11.5 Å². The van der Waals surface area contributed by atoms with Gasteiger partial charge in [0.05, 0.1) is 16.8 Å². The van der Waals surface area contributed by atoms with E-state index in [1.165, 1.54) is 0 Å². The summed E-state index contributed by atoms with van der Waals surface area (Å²) in [6.45, 7) is 0.282. The molecule has 1 aromatic carbocycles. The number of nitrogens with zero attached hydrogens (tertiary/aromatic N) is 2. The van der Waals surface area contributed by atoms with Crippen LogP contribution in [-0.4, -0.2) is 22.1 Å². The van der Waals surface area contributed by atoms with Gasteiger partial charge in [-0.1, -0.05) is 17.7 Å². The van der Waals surface area contributed by atoms with Crippen LogP contribution in [0.4, 0.5) is 0 Å². The van der Waals surface area contributed by atoms with Crippen LogP contribution >= 0.6 is 11.8 Å². The van der Waals surface area contributed by atoms with Gasteiger partial charge in [0.2, 0.25) is 6.79 Å². The topological polar surface area (TPSA) is 36.3 Å². The molecule has 0 amide bonds. The molecule has 0 atom stereocenters. The van der Waals surface area contributed by atoms with Crippen molar-refractivity contribution in [1.82, 2.24) is 9.55 Å². The predicted molar refractivity (Wildman–Crippen MR) is 66.4 cm³/mol. The standard InChI is InChI=1S/C12H10N2O2S/c1-3-4-17-12-13-8-5-10-11(16-7-15-10)6-9(8)14(12)2/h1,5-6H,4,7H2,2H3. The fraction of sp³-hybridized carbons (Fsp3) is 0.250. The SMILES string of the molecule is C#CCSc1nc2cc3c(cc2n1C)OCO3.